The first-order valence-electron chi connectivity index (χ1n) is 10.6. The molecule has 4 rings (SSSR count). The molecule has 0 amide bonds. The van der Waals surface area contributed by atoms with Crippen molar-refractivity contribution in [2.24, 2.45) is 34.0 Å². The van der Waals surface area contributed by atoms with Gasteiger partial charge in [-0.05, 0) is 80.5 Å². The van der Waals surface area contributed by atoms with E-state index in [4.69, 9.17) is 4.74 Å². The number of carbonyl (C=O) groups is 2. The molecule has 0 aromatic rings. The summed E-state index contributed by atoms with van der Waals surface area (Å²) in [5.74, 6) is 0.782. The molecular formula is C22H34O5. The Morgan fingerprint density at radius 2 is 1.93 bits per heavy atom. The lowest BCUT2D eigenvalue weighted by molar-refractivity contribution is -0.180. The van der Waals surface area contributed by atoms with E-state index in [9.17, 15) is 19.8 Å². The van der Waals surface area contributed by atoms with E-state index in [-0.39, 0.29) is 47.6 Å². The molecule has 0 aromatic heterocycles. The highest BCUT2D eigenvalue weighted by molar-refractivity contribution is 5.86. The summed E-state index contributed by atoms with van der Waals surface area (Å²) in [6, 6.07) is 0. The summed E-state index contributed by atoms with van der Waals surface area (Å²) in [5, 5.41) is 20.9. The third-order valence-electron chi connectivity index (χ3n) is 9.28. The highest BCUT2D eigenvalue weighted by atomic mass is 16.5. The molecule has 0 radical (unpaired) electrons. The van der Waals surface area contributed by atoms with Crippen LogP contribution >= 0.6 is 0 Å². The molecule has 152 valence electrons. The number of esters is 1. The van der Waals surface area contributed by atoms with E-state index in [1.807, 2.05) is 6.92 Å². The summed E-state index contributed by atoms with van der Waals surface area (Å²) in [7, 11) is 0. The number of fused-ring (bicyclic) bond motifs is 3. The zero-order chi connectivity index (χ0) is 19.7. The van der Waals surface area contributed by atoms with Crippen molar-refractivity contribution in [2.75, 3.05) is 13.2 Å². The number of hydrogen-bond acceptors (Lipinski definition) is 5. The molecule has 0 heterocycles. The summed E-state index contributed by atoms with van der Waals surface area (Å²) in [6.07, 6.45) is 7.10. The number of Topliss-reactive ketones (excluding diaryl/α,β-unsaturated/α-hetero) is 1. The molecule has 2 bridgehead atoms. The van der Waals surface area contributed by atoms with Gasteiger partial charge in [-0.25, -0.2) is 0 Å². The van der Waals surface area contributed by atoms with E-state index in [0.29, 0.717) is 18.8 Å². The van der Waals surface area contributed by atoms with Crippen LogP contribution in [-0.2, 0) is 14.3 Å². The number of aliphatic hydroxyl groups excluding tert-OH is 1. The molecule has 0 aromatic carbocycles. The van der Waals surface area contributed by atoms with Crippen molar-refractivity contribution in [3.8, 4) is 0 Å². The molecule has 4 aliphatic carbocycles. The van der Waals surface area contributed by atoms with Crippen LogP contribution in [-0.4, -0.2) is 40.8 Å². The Morgan fingerprint density at radius 3 is 2.59 bits per heavy atom. The lowest BCUT2D eigenvalue weighted by Gasteiger charge is -2.63. The third kappa shape index (κ3) is 2.57. The van der Waals surface area contributed by atoms with Crippen LogP contribution in [0.15, 0.2) is 0 Å². The Bertz CT molecular complexity index is 661. The monoisotopic (exact) mass is 378 g/mol. The van der Waals surface area contributed by atoms with Gasteiger partial charge in [0.05, 0.1) is 17.6 Å². The topological polar surface area (TPSA) is 83.8 Å². The summed E-state index contributed by atoms with van der Waals surface area (Å²) in [4.78, 5) is 24.4. The number of ketones is 1. The normalized spacial score (nSPS) is 51.4. The molecule has 4 aliphatic rings. The van der Waals surface area contributed by atoms with E-state index in [1.165, 1.54) is 6.92 Å². The maximum Gasteiger partial charge on any atom is 0.302 e. The van der Waals surface area contributed by atoms with Crippen LogP contribution in [0.4, 0.5) is 0 Å². The molecule has 0 saturated heterocycles. The Morgan fingerprint density at radius 1 is 1.19 bits per heavy atom. The van der Waals surface area contributed by atoms with Crippen molar-refractivity contribution >= 4 is 11.8 Å². The van der Waals surface area contributed by atoms with Gasteiger partial charge in [0.25, 0.3) is 0 Å². The van der Waals surface area contributed by atoms with Crippen molar-refractivity contribution in [2.45, 2.75) is 77.7 Å². The quantitative estimate of drug-likeness (QED) is 0.738. The second-order valence-corrected chi connectivity index (χ2v) is 10.5. The maximum atomic E-state index is 12.9. The number of hydrogen-bond donors (Lipinski definition) is 2. The second kappa shape index (κ2) is 6.03. The minimum atomic E-state index is -0.927. The fraction of sp³-hybridized carbons (Fsp3) is 0.909. The number of aliphatic hydroxyl groups is 2. The lowest BCUT2D eigenvalue weighted by Crippen LogP contribution is -2.60. The van der Waals surface area contributed by atoms with Gasteiger partial charge in [-0.15, -0.1) is 0 Å². The Labute approximate surface area is 161 Å². The van der Waals surface area contributed by atoms with Crippen LogP contribution in [0.5, 0.6) is 0 Å². The highest BCUT2D eigenvalue weighted by Gasteiger charge is 2.68. The molecule has 5 heteroatoms. The molecule has 1 spiro atoms. The predicted octanol–water partition coefficient (Wildman–Crippen LogP) is 2.86. The standard InChI is InChI=1S/C22H34O5/c1-14(24)27-13-20(3)16-6-9-21-10-15(22(26,11-21)12-23)4-5-17(21)19(16,2)8-7-18(20)25/h15-17,23,26H,4-13H2,1-3H3/t15-,16-,17-,19+,20-,21+,22+/m1/s1. The summed E-state index contributed by atoms with van der Waals surface area (Å²) in [5.41, 5.74) is -1.42. The van der Waals surface area contributed by atoms with Crippen molar-refractivity contribution in [3.05, 3.63) is 0 Å². The van der Waals surface area contributed by atoms with Gasteiger partial charge in [0.2, 0.25) is 0 Å². The van der Waals surface area contributed by atoms with Gasteiger partial charge in [-0.3, -0.25) is 9.59 Å². The number of ether oxygens (including phenoxy) is 1. The molecule has 0 aliphatic heterocycles. The van der Waals surface area contributed by atoms with E-state index in [0.717, 1.165) is 38.5 Å². The molecule has 7 atom stereocenters. The smallest absolute Gasteiger partial charge is 0.302 e. The van der Waals surface area contributed by atoms with Gasteiger partial charge < -0.3 is 14.9 Å². The summed E-state index contributed by atoms with van der Waals surface area (Å²) < 4.78 is 5.36. The van der Waals surface area contributed by atoms with Crippen LogP contribution in [0, 0.1) is 34.0 Å². The number of carbonyl (C=O) groups excluding carboxylic acids is 2. The molecule has 27 heavy (non-hydrogen) atoms. The molecule has 4 saturated carbocycles. The number of rotatable bonds is 3. The fourth-order valence-electron chi connectivity index (χ4n) is 8.09. The molecule has 4 fully saturated rings. The molecule has 0 unspecified atom stereocenters. The van der Waals surface area contributed by atoms with Crippen molar-refractivity contribution in [3.63, 3.8) is 0 Å². The molecule has 2 N–H and O–H groups in total. The third-order valence-corrected chi connectivity index (χ3v) is 9.28. The van der Waals surface area contributed by atoms with Crippen LogP contribution < -0.4 is 0 Å². The van der Waals surface area contributed by atoms with Crippen molar-refractivity contribution < 1.29 is 24.5 Å². The Balaban J connectivity index is 1.68. The van der Waals surface area contributed by atoms with Gasteiger partial charge in [0, 0.05) is 13.3 Å². The summed E-state index contributed by atoms with van der Waals surface area (Å²) >= 11 is 0. The predicted molar refractivity (Wildman–Crippen MR) is 99.7 cm³/mol. The lowest BCUT2D eigenvalue weighted by atomic mass is 9.41. The largest absolute Gasteiger partial charge is 0.465 e. The Kier molecular flexibility index (Phi) is 4.33. The average Bonchev–Trinajstić information content (AvgIpc) is 2.83. The fourth-order valence-corrected chi connectivity index (χ4v) is 8.09. The second-order valence-electron chi connectivity index (χ2n) is 10.5. The first-order chi connectivity index (χ1) is 12.6. The first kappa shape index (κ1) is 19.4. The zero-order valence-corrected chi connectivity index (χ0v) is 16.9. The van der Waals surface area contributed by atoms with Gasteiger partial charge >= 0.3 is 5.97 Å². The minimum absolute atomic E-state index is 0.0206. The average molecular weight is 379 g/mol. The van der Waals surface area contributed by atoms with Crippen LogP contribution in [0.1, 0.15) is 72.1 Å². The highest BCUT2D eigenvalue weighted by Crippen LogP contribution is 2.72. The van der Waals surface area contributed by atoms with Crippen molar-refractivity contribution in [1.82, 2.24) is 0 Å². The van der Waals surface area contributed by atoms with Gasteiger partial charge in [0.1, 0.15) is 12.4 Å². The van der Waals surface area contributed by atoms with Crippen LogP contribution in [0.3, 0.4) is 0 Å². The zero-order valence-electron chi connectivity index (χ0n) is 16.9. The van der Waals surface area contributed by atoms with Gasteiger partial charge in [-0.2, -0.15) is 0 Å². The van der Waals surface area contributed by atoms with E-state index < -0.39 is 11.0 Å². The first-order valence-corrected chi connectivity index (χ1v) is 10.6. The van der Waals surface area contributed by atoms with E-state index >= 15 is 0 Å². The minimum Gasteiger partial charge on any atom is -0.465 e. The van der Waals surface area contributed by atoms with Crippen LogP contribution in [0.25, 0.3) is 0 Å². The van der Waals surface area contributed by atoms with E-state index in [2.05, 4.69) is 6.92 Å². The maximum absolute atomic E-state index is 12.9. The summed E-state index contributed by atoms with van der Waals surface area (Å²) in [6.45, 7) is 5.79. The molecular weight excluding hydrogens is 344 g/mol. The van der Waals surface area contributed by atoms with Crippen LogP contribution in [0.2, 0.25) is 0 Å². The molecule has 5 nitrogen and oxygen atoms in total. The Hall–Kier alpha value is -0.940. The van der Waals surface area contributed by atoms with Gasteiger partial charge in [0.15, 0.2) is 0 Å². The SMILES string of the molecule is CC(=O)OC[C@@]1(C)C(=O)CC[C@@]2(C)[C@H]1CC[C@@]13C[C@@H](CC[C@@H]12)[C@@](O)(CO)C3. The van der Waals surface area contributed by atoms with Crippen molar-refractivity contribution in [1.29, 1.82) is 0 Å². The van der Waals surface area contributed by atoms with E-state index in [1.54, 1.807) is 0 Å². The van der Waals surface area contributed by atoms with Gasteiger partial charge in [-0.1, -0.05) is 6.92 Å².